The molecule has 0 saturated heterocycles. The van der Waals surface area contributed by atoms with Crippen molar-refractivity contribution >= 4 is 22.6 Å². The van der Waals surface area contributed by atoms with Gasteiger partial charge < -0.3 is 24.7 Å². The lowest BCUT2D eigenvalue weighted by molar-refractivity contribution is 0.174. The Kier molecular flexibility index (Phi) is 4.46. The van der Waals surface area contributed by atoms with Crippen molar-refractivity contribution in [1.82, 2.24) is 9.88 Å². The lowest BCUT2D eigenvalue weighted by atomic mass is 9.94. The van der Waals surface area contributed by atoms with Gasteiger partial charge in [0, 0.05) is 30.7 Å². The van der Waals surface area contributed by atoms with Gasteiger partial charge in [0.15, 0.2) is 23.1 Å². The third-order valence-corrected chi connectivity index (χ3v) is 6.18. The Labute approximate surface area is 187 Å². The number of nitrogens with zero attached hydrogens (tertiary/aromatic N) is 1. The summed E-state index contributed by atoms with van der Waals surface area (Å²) in [4.78, 5) is 17.4. The van der Waals surface area contributed by atoms with Gasteiger partial charge in [0.25, 0.3) is 0 Å². The third kappa shape index (κ3) is 3.44. The van der Waals surface area contributed by atoms with Crippen LogP contribution in [0, 0.1) is 11.6 Å². The van der Waals surface area contributed by atoms with Crippen LogP contribution in [0.2, 0.25) is 0 Å². The van der Waals surface area contributed by atoms with Crippen LogP contribution in [0.25, 0.3) is 22.0 Å². The van der Waals surface area contributed by atoms with Crippen LogP contribution in [-0.2, 0) is 13.0 Å². The van der Waals surface area contributed by atoms with Crippen molar-refractivity contribution in [3.05, 3.63) is 77.5 Å². The van der Waals surface area contributed by atoms with Crippen LogP contribution in [-0.4, -0.2) is 29.3 Å². The van der Waals surface area contributed by atoms with Crippen LogP contribution >= 0.6 is 0 Å². The molecule has 3 aromatic carbocycles. The molecule has 0 aliphatic carbocycles. The average Bonchev–Trinajstić information content (AvgIpc) is 3.45. The second kappa shape index (κ2) is 7.51. The average molecular weight is 447 g/mol. The maximum Gasteiger partial charge on any atom is 0.322 e. The molecule has 1 aromatic heterocycles. The highest BCUT2D eigenvalue weighted by Gasteiger charge is 2.23. The fourth-order valence-electron chi connectivity index (χ4n) is 4.40. The molecule has 0 radical (unpaired) electrons. The Morgan fingerprint density at radius 1 is 0.939 bits per heavy atom. The van der Waals surface area contributed by atoms with Crippen LogP contribution in [0.15, 0.2) is 54.7 Å². The fourth-order valence-corrected chi connectivity index (χ4v) is 4.40. The molecule has 6 rings (SSSR count). The number of ether oxygens (including phenoxy) is 2. The lowest BCUT2D eigenvalue weighted by Crippen LogP contribution is -2.38. The Morgan fingerprint density at radius 2 is 1.73 bits per heavy atom. The van der Waals surface area contributed by atoms with E-state index in [0.717, 1.165) is 46.7 Å². The fraction of sp³-hybridized carbons (Fsp3) is 0.160. The number of aromatic nitrogens is 1. The van der Waals surface area contributed by atoms with E-state index in [1.54, 1.807) is 4.90 Å². The molecule has 4 aromatic rings. The van der Waals surface area contributed by atoms with Gasteiger partial charge in [0.05, 0.1) is 11.2 Å². The van der Waals surface area contributed by atoms with Gasteiger partial charge in [-0.2, -0.15) is 0 Å². The number of halogens is 2. The number of hydrogen-bond donors (Lipinski definition) is 2. The highest BCUT2D eigenvalue weighted by molar-refractivity contribution is 6.01. The third-order valence-electron chi connectivity index (χ3n) is 6.18. The van der Waals surface area contributed by atoms with Gasteiger partial charge in [0.2, 0.25) is 6.79 Å². The van der Waals surface area contributed by atoms with Gasteiger partial charge in [-0.15, -0.1) is 0 Å². The van der Waals surface area contributed by atoms with Crippen LogP contribution < -0.4 is 14.8 Å². The van der Waals surface area contributed by atoms with Crippen LogP contribution in [0.1, 0.15) is 11.1 Å². The van der Waals surface area contributed by atoms with Crippen molar-refractivity contribution in [2.75, 3.05) is 18.7 Å². The Bertz CT molecular complexity index is 1420. The summed E-state index contributed by atoms with van der Waals surface area (Å²) in [6.45, 7) is 1.26. The van der Waals surface area contributed by atoms with E-state index in [1.165, 1.54) is 11.8 Å². The van der Waals surface area contributed by atoms with Gasteiger partial charge >= 0.3 is 6.03 Å². The molecule has 0 bridgehead atoms. The summed E-state index contributed by atoms with van der Waals surface area (Å²) in [5.41, 5.74) is 5.23. The number of anilines is 1. The Balaban J connectivity index is 1.19. The minimum atomic E-state index is -0.956. The SMILES string of the molecule is O=C(Nc1c[nH]c2cc(F)c(F)cc12)N1CCc2cc(-c3ccc4c(c3)OCO4)ccc2C1. The summed E-state index contributed by atoms with van der Waals surface area (Å²) in [6, 6.07) is 14.0. The molecule has 3 heterocycles. The predicted molar refractivity (Wildman–Crippen MR) is 119 cm³/mol. The van der Waals surface area contributed by atoms with E-state index in [2.05, 4.69) is 16.4 Å². The molecule has 2 aliphatic heterocycles. The van der Waals surface area contributed by atoms with E-state index < -0.39 is 11.6 Å². The van der Waals surface area contributed by atoms with Crippen molar-refractivity contribution in [3.8, 4) is 22.6 Å². The maximum absolute atomic E-state index is 13.7. The van der Waals surface area contributed by atoms with Crippen molar-refractivity contribution in [1.29, 1.82) is 0 Å². The van der Waals surface area contributed by atoms with Crippen molar-refractivity contribution < 1.29 is 23.0 Å². The number of amides is 2. The molecule has 2 amide bonds. The van der Waals surface area contributed by atoms with Gasteiger partial charge in [0.1, 0.15) is 0 Å². The quantitative estimate of drug-likeness (QED) is 0.431. The summed E-state index contributed by atoms with van der Waals surface area (Å²) in [5.74, 6) is -0.396. The number of nitrogens with one attached hydrogen (secondary N) is 2. The first-order valence-corrected chi connectivity index (χ1v) is 10.6. The number of aromatic amines is 1. The van der Waals surface area contributed by atoms with Crippen LogP contribution in [0.5, 0.6) is 11.5 Å². The zero-order valence-electron chi connectivity index (χ0n) is 17.5. The molecule has 33 heavy (non-hydrogen) atoms. The number of H-pyrrole nitrogens is 1. The molecular weight excluding hydrogens is 428 g/mol. The second-order valence-electron chi connectivity index (χ2n) is 8.17. The molecular formula is C25H19F2N3O3. The first kappa shape index (κ1) is 19.6. The topological polar surface area (TPSA) is 66.6 Å². The number of carbonyl (C=O) groups is 1. The minimum Gasteiger partial charge on any atom is -0.454 e. The van der Waals surface area contributed by atoms with E-state index in [1.807, 2.05) is 30.3 Å². The molecule has 2 N–H and O–H groups in total. The standard InChI is InChI=1S/C25H19F2N3O3/c26-19-9-18-21(10-20(19)27)28-11-22(18)29-25(31)30-6-5-16-7-14(1-2-17(16)12-30)15-3-4-23-24(8-15)33-13-32-23/h1-4,7-11,28H,5-6,12-13H2,(H,29,31). The monoisotopic (exact) mass is 447 g/mol. The van der Waals surface area contributed by atoms with Gasteiger partial charge in [-0.1, -0.05) is 24.3 Å². The molecule has 2 aliphatic rings. The maximum atomic E-state index is 13.7. The number of benzene rings is 3. The van der Waals surface area contributed by atoms with E-state index >= 15 is 0 Å². The highest BCUT2D eigenvalue weighted by Crippen LogP contribution is 2.37. The van der Waals surface area contributed by atoms with Crippen molar-refractivity contribution in [3.63, 3.8) is 0 Å². The summed E-state index contributed by atoms with van der Waals surface area (Å²) >= 11 is 0. The predicted octanol–water partition coefficient (Wildman–Crippen LogP) is 5.43. The number of urea groups is 1. The van der Waals surface area contributed by atoms with Crippen molar-refractivity contribution in [2.45, 2.75) is 13.0 Å². The molecule has 0 spiro atoms. The van der Waals surface area contributed by atoms with E-state index in [9.17, 15) is 13.6 Å². The van der Waals surface area contributed by atoms with Gasteiger partial charge in [-0.25, -0.2) is 13.6 Å². The van der Waals surface area contributed by atoms with Crippen molar-refractivity contribution in [2.24, 2.45) is 0 Å². The number of hydrogen-bond acceptors (Lipinski definition) is 3. The molecule has 166 valence electrons. The first-order chi connectivity index (χ1) is 16.0. The summed E-state index contributed by atoms with van der Waals surface area (Å²) in [7, 11) is 0. The Morgan fingerprint density at radius 3 is 2.64 bits per heavy atom. The lowest BCUT2D eigenvalue weighted by Gasteiger charge is -2.29. The second-order valence-corrected chi connectivity index (χ2v) is 8.17. The minimum absolute atomic E-state index is 0.241. The summed E-state index contributed by atoms with van der Waals surface area (Å²) in [5, 5.41) is 3.24. The molecule has 0 fully saturated rings. The molecule has 8 heteroatoms. The van der Waals surface area contributed by atoms with E-state index in [-0.39, 0.29) is 12.8 Å². The van der Waals surface area contributed by atoms with Gasteiger partial charge in [-0.3, -0.25) is 0 Å². The van der Waals surface area contributed by atoms with E-state index in [4.69, 9.17) is 9.47 Å². The zero-order valence-corrected chi connectivity index (χ0v) is 17.5. The van der Waals surface area contributed by atoms with Crippen LogP contribution in [0.3, 0.4) is 0 Å². The normalized spacial score (nSPS) is 14.4. The summed E-state index contributed by atoms with van der Waals surface area (Å²) in [6.07, 6.45) is 2.26. The first-order valence-electron chi connectivity index (χ1n) is 10.6. The smallest absolute Gasteiger partial charge is 0.322 e. The number of carbonyl (C=O) groups excluding carboxylic acids is 1. The Hall–Kier alpha value is -4.07. The molecule has 0 atom stereocenters. The van der Waals surface area contributed by atoms with E-state index in [0.29, 0.717) is 29.7 Å². The number of fused-ring (bicyclic) bond motifs is 3. The zero-order chi connectivity index (χ0) is 22.5. The molecule has 6 nitrogen and oxygen atoms in total. The highest BCUT2D eigenvalue weighted by atomic mass is 19.2. The van der Waals surface area contributed by atoms with Gasteiger partial charge in [-0.05, 0) is 46.9 Å². The number of rotatable bonds is 2. The molecule has 0 saturated carbocycles. The largest absolute Gasteiger partial charge is 0.454 e. The summed E-state index contributed by atoms with van der Waals surface area (Å²) < 4.78 is 38.0. The van der Waals surface area contributed by atoms with Crippen LogP contribution in [0.4, 0.5) is 19.3 Å². The molecule has 0 unspecified atom stereocenters.